The third kappa shape index (κ3) is 13.6. The summed E-state index contributed by atoms with van der Waals surface area (Å²) >= 11 is 0. The highest BCUT2D eigenvalue weighted by molar-refractivity contribution is 5.70. The molecule has 0 aliphatic heterocycles. The minimum absolute atomic E-state index is 0.129. The highest BCUT2D eigenvalue weighted by atomic mass is 16.6. The predicted molar refractivity (Wildman–Crippen MR) is 74.9 cm³/mol. The molecule has 0 saturated heterocycles. The van der Waals surface area contributed by atoms with Crippen LogP contribution in [0.1, 0.15) is 40.0 Å². The SMILES string of the molecule is COCCCOCCOC(=O)CC(N)CC(C)(C)C. The average molecular weight is 275 g/mol. The van der Waals surface area contributed by atoms with Crippen LogP contribution in [-0.2, 0) is 19.0 Å². The van der Waals surface area contributed by atoms with Crippen LogP contribution in [0.25, 0.3) is 0 Å². The summed E-state index contributed by atoms with van der Waals surface area (Å²) in [5.74, 6) is -0.253. The summed E-state index contributed by atoms with van der Waals surface area (Å²) in [5.41, 5.74) is 6.03. The van der Waals surface area contributed by atoms with Crippen LogP contribution in [0, 0.1) is 5.41 Å². The molecule has 0 amide bonds. The van der Waals surface area contributed by atoms with E-state index in [1.165, 1.54) is 0 Å². The zero-order valence-electron chi connectivity index (χ0n) is 12.7. The Hall–Kier alpha value is -0.650. The minimum Gasteiger partial charge on any atom is -0.463 e. The van der Waals surface area contributed by atoms with E-state index in [-0.39, 0.29) is 30.5 Å². The standard InChI is InChI=1S/C14H29NO4/c1-14(2,3)11-12(15)10-13(16)19-9-8-18-7-5-6-17-4/h12H,5-11,15H2,1-4H3. The first-order valence-electron chi connectivity index (χ1n) is 6.83. The number of esters is 1. The molecule has 5 nitrogen and oxygen atoms in total. The van der Waals surface area contributed by atoms with Gasteiger partial charge in [0.1, 0.15) is 6.61 Å². The van der Waals surface area contributed by atoms with Gasteiger partial charge in [0.25, 0.3) is 0 Å². The van der Waals surface area contributed by atoms with Crippen molar-refractivity contribution in [2.75, 3.05) is 33.5 Å². The van der Waals surface area contributed by atoms with Crippen LogP contribution in [0.5, 0.6) is 0 Å². The van der Waals surface area contributed by atoms with Crippen LogP contribution in [0.15, 0.2) is 0 Å². The second-order valence-corrected chi connectivity index (χ2v) is 5.91. The summed E-state index contributed by atoms with van der Waals surface area (Å²) in [6.07, 6.45) is 1.91. The summed E-state index contributed by atoms with van der Waals surface area (Å²) in [6, 6.07) is -0.143. The van der Waals surface area contributed by atoms with Crippen molar-refractivity contribution in [3.05, 3.63) is 0 Å². The molecule has 0 aromatic carbocycles. The van der Waals surface area contributed by atoms with E-state index >= 15 is 0 Å². The van der Waals surface area contributed by atoms with E-state index in [9.17, 15) is 4.79 Å². The smallest absolute Gasteiger partial charge is 0.307 e. The number of carbonyl (C=O) groups is 1. The fourth-order valence-corrected chi connectivity index (χ4v) is 1.75. The Morgan fingerprint density at radius 2 is 1.84 bits per heavy atom. The molecule has 0 radical (unpaired) electrons. The molecule has 0 saturated carbocycles. The van der Waals surface area contributed by atoms with Crippen LogP contribution in [0.2, 0.25) is 0 Å². The van der Waals surface area contributed by atoms with Gasteiger partial charge in [-0.15, -0.1) is 0 Å². The summed E-state index contributed by atoms with van der Waals surface area (Å²) in [6.45, 7) is 8.32. The lowest BCUT2D eigenvalue weighted by Gasteiger charge is -2.22. The normalized spacial score (nSPS) is 13.3. The van der Waals surface area contributed by atoms with Crippen molar-refractivity contribution in [3.8, 4) is 0 Å². The van der Waals surface area contributed by atoms with E-state index in [1.807, 2.05) is 0 Å². The van der Waals surface area contributed by atoms with Gasteiger partial charge in [0.2, 0.25) is 0 Å². The van der Waals surface area contributed by atoms with Crippen molar-refractivity contribution >= 4 is 5.97 Å². The first kappa shape index (κ1) is 18.4. The number of hydrogen-bond acceptors (Lipinski definition) is 5. The van der Waals surface area contributed by atoms with E-state index in [4.69, 9.17) is 19.9 Å². The van der Waals surface area contributed by atoms with Gasteiger partial charge in [0.15, 0.2) is 0 Å². The molecule has 2 N–H and O–H groups in total. The molecule has 0 aliphatic carbocycles. The molecule has 0 fully saturated rings. The van der Waals surface area contributed by atoms with Crippen LogP contribution in [0.4, 0.5) is 0 Å². The Labute approximate surface area is 116 Å². The van der Waals surface area contributed by atoms with Gasteiger partial charge in [-0.05, 0) is 18.3 Å². The number of carbonyl (C=O) groups excluding carboxylic acids is 1. The highest BCUT2D eigenvalue weighted by Gasteiger charge is 2.18. The third-order valence-electron chi connectivity index (χ3n) is 2.43. The van der Waals surface area contributed by atoms with Gasteiger partial charge < -0.3 is 19.9 Å². The van der Waals surface area contributed by atoms with Crippen LogP contribution >= 0.6 is 0 Å². The molecule has 0 bridgehead atoms. The lowest BCUT2D eigenvalue weighted by atomic mass is 9.87. The maximum absolute atomic E-state index is 11.5. The number of hydrogen-bond donors (Lipinski definition) is 1. The molecule has 114 valence electrons. The van der Waals surface area contributed by atoms with Crippen LogP contribution < -0.4 is 5.73 Å². The van der Waals surface area contributed by atoms with Gasteiger partial charge in [-0.3, -0.25) is 4.79 Å². The fourth-order valence-electron chi connectivity index (χ4n) is 1.75. The maximum atomic E-state index is 11.5. The second-order valence-electron chi connectivity index (χ2n) is 5.91. The van der Waals surface area contributed by atoms with Gasteiger partial charge >= 0.3 is 5.97 Å². The highest BCUT2D eigenvalue weighted by Crippen LogP contribution is 2.21. The van der Waals surface area contributed by atoms with Crippen molar-refractivity contribution < 1.29 is 19.0 Å². The number of ether oxygens (including phenoxy) is 3. The zero-order chi connectivity index (χ0) is 14.7. The van der Waals surface area contributed by atoms with E-state index in [0.717, 1.165) is 12.8 Å². The number of nitrogens with two attached hydrogens (primary N) is 1. The summed E-state index contributed by atoms with van der Waals surface area (Å²) in [7, 11) is 1.66. The zero-order valence-corrected chi connectivity index (χ0v) is 12.7. The fraction of sp³-hybridized carbons (Fsp3) is 0.929. The van der Waals surface area contributed by atoms with Crippen molar-refractivity contribution in [3.63, 3.8) is 0 Å². The van der Waals surface area contributed by atoms with E-state index in [0.29, 0.717) is 19.8 Å². The van der Waals surface area contributed by atoms with Crippen LogP contribution in [-0.4, -0.2) is 45.5 Å². The topological polar surface area (TPSA) is 70.8 Å². The Bertz CT molecular complexity index is 238. The monoisotopic (exact) mass is 275 g/mol. The molecule has 1 unspecified atom stereocenters. The van der Waals surface area contributed by atoms with Crippen molar-refractivity contribution in [1.29, 1.82) is 0 Å². The summed E-state index contributed by atoms with van der Waals surface area (Å²) in [5, 5.41) is 0. The average Bonchev–Trinajstić information content (AvgIpc) is 2.25. The Morgan fingerprint density at radius 3 is 2.42 bits per heavy atom. The third-order valence-corrected chi connectivity index (χ3v) is 2.43. The molecular formula is C14H29NO4. The molecule has 0 heterocycles. The Kier molecular flexibility index (Phi) is 9.83. The molecule has 5 heteroatoms. The number of methoxy groups -OCH3 is 1. The Morgan fingerprint density at radius 1 is 1.16 bits per heavy atom. The van der Waals surface area contributed by atoms with Gasteiger partial charge in [-0.25, -0.2) is 0 Å². The number of rotatable bonds is 10. The predicted octanol–water partition coefficient (Wildman–Crippen LogP) is 1.74. The molecule has 1 atom stereocenters. The summed E-state index contributed by atoms with van der Waals surface area (Å²) in [4.78, 5) is 11.5. The molecule has 0 aromatic rings. The molecular weight excluding hydrogens is 246 g/mol. The second kappa shape index (κ2) is 10.2. The van der Waals surface area contributed by atoms with Gasteiger partial charge in [0.05, 0.1) is 13.0 Å². The van der Waals surface area contributed by atoms with Gasteiger partial charge in [-0.1, -0.05) is 20.8 Å². The Balaban J connectivity index is 3.49. The van der Waals surface area contributed by atoms with Gasteiger partial charge in [0, 0.05) is 26.4 Å². The van der Waals surface area contributed by atoms with Gasteiger partial charge in [-0.2, -0.15) is 0 Å². The first-order valence-corrected chi connectivity index (χ1v) is 6.83. The quantitative estimate of drug-likeness (QED) is 0.486. The van der Waals surface area contributed by atoms with Crippen molar-refractivity contribution in [2.45, 2.75) is 46.1 Å². The van der Waals surface area contributed by atoms with Crippen LogP contribution in [0.3, 0.4) is 0 Å². The van der Waals surface area contributed by atoms with E-state index < -0.39 is 0 Å². The van der Waals surface area contributed by atoms with Crippen molar-refractivity contribution in [1.82, 2.24) is 0 Å². The lowest BCUT2D eigenvalue weighted by molar-refractivity contribution is -0.145. The van der Waals surface area contributed by atoms with Crippen molar-refractivity contribution in [2.24, 2.45) is 11.1 Å². The lowest BCUT2D eigenvalue weighted by Crippen LogP contribution is -2.30. The molecule has 0 aromatic heterocycles. The van der Waals surface area contributed by atoms with E-state index in [1.54, 1.807) is 7.11 Å². The minimum atomic E-state index is -0.253. The molecule has 0 rings (SSSR count). The molecule has 0 spiro atoms. The molecule has 0 aliphatic rings. The first-order chi connectivity index (χ1) is 8.85. The van der Waals surface area contributed by atoms with E-state index in [2.05, 4.69) is 20.8 Å². The largest absolute Gasteiger partial charge is 0.463 e. The molecule has 19 heavy (non-hydrogen) atoms. The maximum Gasteiger partial charge on any atom is 0.307 e. The summed E-state index contributed by atoms with van der Waals surface area (Å²) < 4.78 is 15.2.